The van der Waals surface area contributed by atoms with E-state index in [9.17, 15) is 0 Å². The molecule has 0 saturated heterocycles. The van der Waals surface area contributed by atoms with Gasteiger partial charge in [0.1, 0.15) is 0 Å². The summed E-state index contributed by atoms with van der Waals surface area (Å²) >= 11 is 0. The van der Waals surface area contributed by atoms with E-state index in [1.54, 1.807) is 0 Å². The van der Waals surface area contributed by atoms with Crippen molar-refractivity contribution in [2.24, 2.45) is 0 Å². The monoisotopic (exact) mass is 118 g/mol. The third-order valence-electron chi connectivity index (χ3n) is 1.01. The van der Waals surface area contributed by atoms with Gasteiger partial charge in [0.25, 0.3) is 0 Å². The van der Waals surface area contributed by atoms with Crippen molar-refractivity contribution in [3.63, 3.8) is 0 Å². The van der Waals surface area contributed by atoms with Gasteiger partial charge >= 0.3 is 0 Å². The van der Waals surface area contributed by atoms with Crippen molar-refractivity contribution in [2.45, 2.75) is 13.8 Å². The summed E-state index contributed by atoms with van der Waals surface area (Å²) in [5, 5.41) is 0. The fraction of sp³-hybridized carbons (Fsp3) is 0.286. The molecule has 1 heterocycles. The Hall–Kier alpha value is -0.785. The van der Waals surface area contributed by atoms with Gasteiger partial charge in [0.15, 0.2) is 0 Å². The third-order valence-corrected chi connectivity index (χ3v) is 1.01. The molecule has 0 amide bonds. The summed E-state index contributed by atoms with van der Waals surface area (Å²) in [6, 6.07) is 2.10. The van der Waals surface area contributed by atoms with Crippen molar-refractivity contribution >= 4 is 8.41 Å². The van der Waals surface area contributed by atoms with Crippen molar-refractivity contribution < 1.29 is 0 Å². The topological polar surface area (TPSA) is 12.9 Å². The Morgan fingerprint density at radius 1 is 1.11 bits per heavy atom. The van der Waals surface area contributed by atoms with Crippen LogP contribution in [0.25, 0.3) is 0 Å². The van der Waals surface area contributed by atoms with Gasteiger partial charge in [-0.2, -0.15) is 0 Å². The highest BCUT2D eigenvalue weighted by molar-refractivity contribution is 5.75. The van der Waals surface area contributed by atoms with Gasteiger partial charge in [0, 0.05) is 20.8 Å². The Bertz CT molecular complexity index is 169. The standard InChI is InChI=1S/C7H9N.B/c1-6-3-7(2)5-8-4-6;/h3-5H,1-2H3;. The van der Waals surface area contributed by atoms with E-state index in [-0.39, 0.29) is 8.41 Å². The minimum atomic E-state index is 0. The molecule has 0 aliphatic heterocycles. The molecule has 1 aromatic heterocycles. The van der Waals surface area contributed by atoms with Gasteiger partial charge < -0.3 is 0 Å². The molecule has 9 heavy (non-hydrogen) atoms. The first-order chi connectivity index (χ1) is 3.79. The molecule has 0 bridgehead atoms. The second-order valence-corrected chi connectivity index (χ2v) is 2.04. The molecular formula is C7H9BN. The Morgan fingerprint density at radius 3 is 1.78 bits per heavy atom. The van der Waals surface area contributed by atoms with Gasteiger partial charge in [-0.15, -0.1) is 0 Å². The first-order valence-electron chi connectivity index (χ1n) is 2.67. The van der Waals surface area contributed by atoms with E-state index >= 15 is 0 Å². The second kappa shape index (κ2) is 3.28. The molecule has 45 valence electrons. The molecule has 0 N–H and O–H groups in total. The first-order valence-corrected chi connectivity index (χ1v) is 2.67. The number of pyridine rings is 1. The molecule has 1 rings (SSSR count). The third kappa shape index (κ3) is 2.31. The molecule has 0 fully saturated rings. The predicted octanol–water partition coefficient (Wildman–Crippen LogP) is 1.32. The highest BCUT2D eigenvalue weighted by atomic mass is 14.6. The van der Waals surface area contributed by atoms with Crippen molar-refractivity contribution in [3.8, 4) is 0 Å². The van der Waals surface area contributed by atoms with E-state index in [2.05, 4.69) is 11.1 Å². The van der Waals surface area contributed by atoms with Crippen molar-refractivity contribution in [3.05, 3.63) is 29.6 Å². The van der Waals surface area contributed by atoms with Gasteiger partial charge in [-0.3, -0.25) is 4.98 Å². The van der Waals surface area contributed by atoms with Crippen LogP contribution >= 0.6 is 0 Å². The molecule has 0 spiro atoms. The number of hydrogen-bond donors (Lipinski definition) is 0. The van der Waals surface area contributed by atoms with Gasteiger partial charge in [-0.25, -0.2) is 0 Å². The molecule has 1 nitrogen and oxygen atoms in total. The van der Waals surface area contributed by atoms with E-state index in [1.807, 2.05) is 26.2 Å². The van der Waals surface area contributed by atoms with Crippen molar-refractivity contribution in [1.29, 1.82) is 0 Å². The van der Waals surface area contributed by atoms with E-state index in [1.165, 1.54) is 11.1 Å². The molecule has 0 aromatic carbocycles. The first kappa shape index (κ1) is 8.21. The summed E-state index contributed by atoms with van der Waals surface area (Å²) in [4.78, 5) is 3.98. The van der Waals surface area contributed by atoms with E-state index in [4.69, 9.17) is 0 Å². The Kier molecular flexibility index (Phi) is 3.00. The van der Waals surface area contributed by atoms with Crippen LogP contribution in [0.15, 0.2) is 18.5 Å². The van der Waals surface area contributed by atoms with Crippen LogP contribution in [0.5, 0.6) is 0 Å². The zero-order valence-corrected chi connectivity index (χ0v) is 5.76. The fourth-order valence-corrected chi connectivity index (χ4v) is 0.706. The maximum absolute atomic E-state index is 3.98. The van der Waals surface area contributed by atoms with Crippen molar-refractivity contribution in [2.75, 3.05) is 0 Å². The van der Waals surface area contributed by atoms with Crippen LogP contribution < -0.4 is 0 Å². The highest BCUT2D eigenvalue weighted by Gasteiger charge is 1.81. The molecular weight excluding hydrogens is 109 g/mol. The Labute approximate surface area is 57.7 Å². The van der Waals surface area contributed by atoms with Crippen LogP contribution in [0.1, 0.15) is 11.1 Å². The van der Waals surface area contributed by atoms with Crippen LogP contribution in [-0.4, -0.2) is 13.4 Å². The molecule has 1 aromatic rings. The lowest BCUT2D eigenvalue weighted by atomic mass is 10.2. The summed E-state index contributed by atoms with van der Waals surface area (Å²) in [5.74, 6) is 0. The van der Waals surface area contributed by atoms with Crippen LogP contribution in [0.4, 0.5) is 0 Å². The SMILES string of the molecule is Cc1cncc(C)c1.[B]. The zero-order valence-electron chi connectivity index (χ0n) is 5.76. The summed E-state index contributed by atoms with van der Waals surface area (Å²) in [7, 11) is 0. The lowest BCUT2D eigenvalue weighted by Gasteiger charge is -1.89. The molecule has 0 atom stereocenters. The van der Waals surface area contributed by atoms with E-state index < -0.39 is 0 Å². The Balaban J connectivity index is 0.000000640. The summed E-state index contributed by atoms with van der Waals surface area (Å²) in [6.07, 6.45) is 3.71. The molecule has 0 saturated carbocycles. The Morgan fingerprint density at radius 2 is 1.56 bits per heavy atom. The number of hydrogen-bond acceptors (Lipinski definition) is 1. The summed E-state index contributed by atoms with van der Waals surface area (Å²) in [5.41, 5.74) is 2.45. The van der Waals surface area contributed by atoms with E-state index in [0.717, 1.165) is 0 Å². The van der Waals surface area contributed by atoms with Crippen LogP contribution in [0, 0.1) is 13.8 Å². The molecule has 2 heteroatoms. The van der Waals surface area contributed by atoms with Crippen LogP contribution in [0.3, 0.4) is 0 Å². The second-order valence-electron chi connectivity index (χ2n) is 2.04. The molecule has 3 radical (unpaired) electrons. The smallest absolute Gasteiger partial charge is 0.0297 e. The average molecular weight is 118 g/mol. The molecule has 0 aliphatic carbocycles. The quantitative estimate of drug-likeness (QED) is 0.468. The van der Waals surface area contributed by atoms with Crippen LogP contribution in [0.2, 0.25) is 0 Å². The maximum Gasteiger partial charge on any atom is 0.0297 e. The maximum atomic E-state index is 3.98. The summed E-state index contributed by atoms with van der Waals surface area (Å²) in [6.45, 7) is 4.08. The van der Waals surface area contributed by atoms with Gasteiger partial charge in [0.2, 0.25) is 0 Å². The van der Waals surface area contributed by atoms with Crippen molar-refractivity contribution in [1.82, 2.24) is 4.98 Å². The number of aromatic nitrogens is 1. The minimum Gasteiger partial charge on any atom is -0.264 e. The average Bonchev–Trinajstić information content (AvgIpc) is 1.64. The normalized spacial score (nSPS) is 8.22. The molecule has 0 unspecified atom stereocenters. The van der Waals surface area contributed by atoms with Gasteiger partial charge in [-0.1, -0.05) is 6.07 Å². The van der Waals surface area contributed by atoms with Crippen LogP contribution in [-0.2, 0) is 0 Å². The predicted molar refractivity (Wildman–Crippen MR) is 39.5 cm³/mol. The fourth-order valence-electron chi connectivity index (χ4n) is 0.706. The zero-order chi connectivity index (χ0) is 5.98. The minimum absolute atomic E-state index is 0. The lowest BCUT2D eigenvalue weighted by Crippen LogP contribution is -1.76. The van der Waals surface area contributed by atoms with Gasteiger partial charge in [-0.05, 0) is 25.0 Å². The summed E-state index contributed by atoms with van der Waals surface area (Å²) < 4.78 is 0. The molecule has 0 aliphatic rings. The number of rotatable bonds is 0. The number of nitrogens with zero attached hydrogens (tertiary/aromatic N) is 1. The highest BCUT2D eigenvalue weighted by Crippen LogP contribution is 1.96. The van der Waals surface area contributed by atoms with Gasteiger partial charge in [0.05, 0.1) is 0 Å². The number of aryl methyl sites for hydroxylation is 2. The van der Waals surface area contributed by atoms with E-state index in [0.29, 0.717) is 0 Å². The lowest BCUT2D eigenvalue weighted by molar-refractivity contribution is 1.22. The largest absolute Gasteiger partial charge is 0.264 e.